The summed E-state index contributed by atoms with van der Waals surface area (Å²) in [5.41, 5.74) is -0.00620. The number of amides is 2. The molecule has 0 atom stereocenters. The lowest BCUT2D eigenvalue weighted by atomic mass is 10.5. The van der Waals surface area contributed by atoms with Crippen LogP contribution in [-0.2, 0) is 6.54 Å². The number of nitrogens with one attached hydrogen (secondary N) is 2. The molecule has 1 rings (SSSR count). The van der Waals surface area contributed by atoms with Crippen molar-refractivity contribution in [2.45, 2.75) is 6.54 Å². The van der Waals surface area contributed by atoms with Crippen molar-refractivity contribution in [3.63, 3.8) is 0 Å². The van der Waals surface area contributed by atoms with Gasteiger partial charge in [0, 0.05) is 11.9 Å². The topological polar surface area (TPSA) is 91.3 Å². The molecule has 16 heavy (non-hydrogen) atoms. The van der Waals surface area contributed by atoms with E-state index in [1.807, 2.05) is 0 Å². The molecule has 1 aromatic rings. The second-order valence-corrected chi connectivity index (χ2v) is 3.73. The average Bonchev–Trinajstić information content (AvgIpc) is 2.72. The number of thiazole rings is 1. The molecule has 0 bridgehead atoms. The van der Waals surface area contributed by atoms with Gasteiger partial charge in [-0.25, -0.2) is 14.6 Å². The number of hydrogen-bond donors (Lipinski definition) is 3. The summed E-state index contributed by atoms with van der Waals surface area (Å²) in [4.78, 5) is 25.5. The van der Waals surface area contributed by atoms with E-state index in [1.54, 1.807) is 6.08 Å². The Balaban J connectivity index is 2.39. The van der Waals surface area contributed by atoms with Gasteiger partial charge in [0.1, 0.15) is 5.01 Å². The number of urea groups is 1. The van der Waals surface area contributed by atoms with Gasteiger partial charge in [-0.05, 0) is 0 Å². The number of carboxylic acid groups (broad SMARTS) is 1. The highest BCUT2D eigenvalue weighted by molar-refractivity contribution is 7.09. The molecule has 0 aromatic carbocycles. The van der Waals surface area contributed by atoms with E-state index in [4.69, 9.17) is 5.11 Å². The predicted molar refractivity (Wildman–Crippen MR) is 59.5 cm³/mol. The van der Waals surface area contributed by atoms with Crippen LogP contribution in [0.3, 0.4) is 0 Å². The SMILES string of the molecule is C=CCNC(=O)NCc1nc(C(=O)O)cs1. The highest BCUT2D eigenvalue weighted by Gasteiger charge is 2.08. The van der Waals surface area contributed by atoms with Gasteiger partial charge in [0.2, 0.25) is 0 Å². The molecule has 0 aliphatic carbocycles. The number of carboxylic acids is 1. The van der Waals surface area contributed by atoms with Crippen LogP contribution >= 0.6 is 11.3 Å². The molecule has 1 aromatic heterocycles. The summed E-state index contributed by atoms with van der Waals surface area (Å²) in [5.74, 6) is -1.07. The minimum atomic E-state index is -1.07. The number of hydrogen-bond acceptors (Lipinski definition) is 4. The Hall–Kier alpha value is -1.89. The van der Waals surface area contributed by atoms with Crippen LogP contribution in [0.25, 0.3) is 0 Å². The number of aromatic nitrogens is 1. The van der Waals surface area contributed by atoms with Crippen molar-refractivity contribution >= 4 is 23.3 Å². The molecule has 0 spiro atoms. The van der Waals surface area contributed by atoms with E-state index < -0.39 is 5.97 Å². The normalized spacial score (nSPS) is 9.50. The van der Waals surface area contributed by atoms with Gasteiger partial charge in [0.05, 0.1) is 6.54 Å². The lowest BCUT2D eigenvalue weighted by Crippen LogP contribution is -2.34. The number of rotatable bonds is 5. The van der Waals surface area contributed by atoms with Gasteiger partial charge in [-0.15, -0.1) is 17.9 Å². The number of carbonyl (C=O) groups is 2. The number of aromatic carboxylic acids is 1. The molecular formula is C9H11N3O3S. The zero-order chi connectivity index (χ0) is 12.0. The molecule has 1 heterocycles. The van der Waals surface area contributed by atoms with Crippen LogP contribution < -0.4 is 10.6 Å². The number of nitrogens with zero attached hydrogens (tertiary/aromatic N) is 1. The first-order chi connectivity index (χ1) is 7.63. The van der Waals surface area contributed by atoms with E-state index in [1.165, 1.54) is 16.7 Å². The Labute approximate surface area is 96.0 Å². The fourth-order valence-electron chi connectivity index (χ4n) is 0.874. The zero-order valence-corrected chi connectivity index (χ0v) is 9.21. The molecule has 0 unspecified atom stereocenters. The van der Waals surface area contributed by atoms with Crippen molar-refractivity contribution < 1.29 is 14.7 Å². The fraction of sp³-hybridized carbons (Fsp3) is 0.222. The van der Waals surface area contributed by atoms with Crippen molar-refractivity contribution in [2.24, 2.45) is 0 Å². The number of carbonyl (C=O) groups excluding carboxylic acids is 1. The van der Waals surface area contributed by atoms with Gasteiger partial charge in [0.25, 0.3) is 0 Å². The predicted octanol–water partition coefficient (Wildman–Crippen LogP) is 0.827. The summed E-state index contributed by atoms with van der Waals surface area (Å²) in [7, 11) is 0. The first kappa shape index (κ1) is 12.2. The monoisotopic (exact) mass is 241 g/mol. The first-order valence-corrected chi connectivity index (χ1v) is 5.31. The summed E-state index contributed by atoms with van der Waals surface area (Å²) < 4.78 is 0. The molecule has 0 aliphatic heterocycles. The third-order valence-corrected chi connectivity index (χ3v) is 2.43. The maximum absolute atomic E-state index is 11.1. The minimum Gasteiger partial charge on any atom is -0.476 e. The van der Waals surface area contributed by atoms with E-state index in [9.17, 15) is 9.59 Å². The Morgan fingerprint density at radius 1 is 1.56 bits per heavy atom. The van der Waals surface area contributed by atoms with Crippen LogP contribution in [0.2, 0.25) is 0 Å². The Kier molecular flexibility index (Phi) is 4.46. The van der Waals surface area contributed by atoms with E-state index in [0.717, 1.165) is 0 Å². The van der Waals surface area contributed by atoms with Gasteiger partial charge in [-0.2, -0.15) is 0 Å². The van der Waals surface area contributed by atoms with Crippen molar-refractivity contribution in [3.8, 4) is 0 Å². The smallest absolute Gasteiger partial charge is 0.355 e. The van der Waals surface area contributed by atoms with Crippen LogP contribution in [0.4, 0.5) is 4.79 Å². The largest absolute Gasteiger partial charge is 0.476 e. The maximum Gasteiger partial charge on any atom is 0.355 e. The summed E-state index contributed by atoms with van der Waals surface area (Å²) in [6.07, 6.45) is 1.56. The fourth-order valence-corrected chi connectivity index (χ4v) is 1.58. The summed E-state index contributed by atoms with van der Waals surface area (Å²) in [6, 6.07) is -0.341. The first-order valence-electron chi connectivity index (χ1n) is 4.43. The quantitative estimate of drug-likeness (QED) is 0.666. The van der Waals surface area contributed by atoms with Crippen LogP contribution in [0.15, 0.2) is 18.0 Å². The molecule has 0 saturated heterocycles. The third kappa shape index (κ3) is 3.70. The second-order valence-electron chi connectivity index (χ2n) is 2.78. The summed E-state index contributed by atoms with van der Waals surface area (Å²) in [6.45, 7) is 4.04. The molecule has 0 radical (unpaired) electrons. The van der Waals surface area contributed by atoms with Gasteiger partial charge in [-0.1, -0.05) is 6.08 Å². The van der Waals surface area contributed by atoms with E-state index >= 15 is 0 Å². The minimum absolute atomic E-state index is 0.00620. The third-order valence-electron chi connectivity index (χ3n) is 1.58. The molecule has 0 fully saturated rings. The Bertz CT molecular complexity index is 402. The van der Waals surface area contributed by atoms with Crippen LogP contribution in [0.1, 0.15) is 15.5 Å². The summed E-state index contributed by atoms with van der Waals surface area (Å²) in [5, 5.41) is 15.7. The molecule has 3 N–H and O–H groups in total. The summed E-state index contributed by atoms with van der Waals surface area (Å²) >= 11 is 1.19. The molecule has 86 valence electrons. The van der Waals surface area contributed by atoms with Gasteiger partial charge < -0.3 is 15.7 Å². The average molecular weight is 241 g/mol. The molecule has 7 heteroatoms. The molecular weight excluding hydrogens is 230 g/mol. The van der Waals surface area contributed by atoms with Crippen LogP contribution in [0, 0.1) is 0 Å². The Morgan fingerprint density at radius 3 is 2.88 bits per heavy atom. The highest BCUT2D eigenvalue weighted by Crippen LogP contribution is 2.08. The van der Waals surface area contributed by atoms with Gasteiger partial charge in [0.15, 0.2) is 5.69 Å². The zero-order valence-electron chi connectivity index (χ0n) is 8.40. The molecule has 2 amide bonds. The molecule has 0 aliphatic rings. The van der Waals surface area contributed by atoms with Crippen LogP contribution in [-0.4, -0.2) is 28.6 Å². The van der Waals surface area contributed by atoms with E-state index in [-0.39, 0.29) is 18.3 Å². The maximum atomic E-state index is 11.1. The van der Waals surface area contributed by atoms with E-state index in [2.05, 4.69) is 22.2 Å². The van der Waals surface area contributed by atoms with Crippen molar-refractivity contribution in [1.29, 1.82) is 0 Å². The van der Waals surface area contributed by atoms with Crippen molar-refractivity contribution in [3.05, 3.63) is 28.7 Å². The van der Waals surface area contributed by atoms with Crippen molar-refractivity contribution in [1.82, 2.24) is 15.6 Å². The van der Waals surface area contributed by atoms with Gasteiger partial charge >= 0.3 is 12.0 Å². The Morgan fingerprint density at radius 2 is 2.31 bits per heavy atom. The molecule has 6 nitrogen and oxygen atoms in total. The lowest BCUT2D eigenvalue weighted by Gasteiger charge is -2.02. The lowest BCUT2D eigenvalue weighted by molar-refractivity contribution is 0.0691. The van der Waals surface area contributed by atoms with Crippen LogP contribution in [0.5, 0.6) is 0 Å². The van der Waals surface area contributed by atoms with E-state index in [0.29, 0.717) is 11.6 Å². The standard InChI is InChI=1S/C9H11N3O3S/c1-2-3-10-9(15)11-4-7-12-6(5-16-7)8(13)14/h2,5H,1,3-4H2,(H,13,14)(H2,10,11,15). The highest BCUT2D eigenvalue weighted by atomic mass is 32.1. The van der Waals surface area contributed by atoms with Crippen molar-refractivity contribution in [2.75, 3.05) is 6.54 Å². The second kappa shape index (κ2) is 5.86. The molecule has 0 saturated carbocycles. The van der Waals surface area contributed by atoms with Gasteiger partial charge in [-0.3, -0.25) is 0 Å².